The number of methoxy groups -OCH3 is 2. The van der Waals surface area contributed by atoms with E-state index in [0.717, 1.165) is 0 Å². The first-order chi connectivity index (χ1) is 11.0. The molecular formula is C17H15ClO5. The number of ether oxygens (including phenoxy) is 3. The van der Waals surface area contributed by atoms with E-state index in [4.69, 9.17) is 25.8 Å². The second-order valence-corrected chi connectivity index (χ2v) is 4.98. The Labute approximate surface area is 138 Å². The summed E-state index contributed by atoms with van der Waals surface area (Å²) < 4.78 is 15.0. The van der Waals surface area contributed by atoms with Gasteiger partial charge in [0.25, 0.3) is 0 Å². The van der Waals surface area contributed by atoms with Gasteiger partial charge in [0.1, 0.15) is 11.5 Å². The maximum Gasteiger partial charge on any atom is 0.338 e. The van der Waals surface area contributed by atoms with Gasteiger partial charge in [0.15, 0.2) is 12.4 Å². The summed E-state index contributed by atoms with van der Waals surface area (Å²) in [5, 5.41) is 0.319. The first kappa shape index (κ1) is 16.8. The Balaban J connectivity index is 1.97. The number of carbonyl (C=O) groups is 2. The summed E-state index contributed by atoms with van der Waals surface area (Å²) in [6.45, 7) is -0.368. The molecule has 2 aromatic rings. The van der Waals surface area contributed by atoms with Crippen LogP contribution in [0.15, 0.2) is 42.5 Å². The van der Waals surface area contributed by atoms with Crippen LogP contribution in [0.3, 0.4) is 0 Å². The van der Waals surface area contributed by atoms with Crippen LogP contribution in [0.25, 0.3) is 0 Å². The van der Waals surface area contributed by atoms with E-state index in [1.165, 1.54) is 20.3 Å². The molecule has 0 aliphatic heterocycles. The van der Waals surface area contributed by atoms with Crippen molar-refractivity contribution in [2.75, 3.05) is 20.8 Å². The molecule has 6 heteroatoms. The van der Waals surface area contributed by atoms with Crippen molar-refractivity contribution < 1.29 is 23.8 Å². The van der Waals surface area contributed by atoms with Gasteiger partial charge in [-0.3, -0.25) is 4.79 Å². The highest BCUT2D eigenvalue weighted by atomic mass is 35.5. The molecule has 0 spiro atoms. The summed E-state index contributed by atoms with van der Waals surface area (Å²) in [6.07, 6.45) is 0. The van der Waals surface area contributed by atoms with Crippen LogP contribution in [0.1, 0.15) is 20.7 Å². The van der Waals surface area contributed by atoms with Crippen molar-refractivity contribution in [1.82, 2.24) is 0 Å². The predicted molar refractivity (Wildman–Crippen MR) is 85.6 cm³/mol. The Kier molecular flexibility index (Phi) is 5.60. The lowest BCUT2D eigenvalue weighted by Crippen LogP contribution is -2.14. The second kappa shape index (κ2) is 7.65. The second-order valence-electron chi connectivity index (χ2n) is 4.58. The zero-order valence-corrected chi connectivity index (χ0v) is 13.4. The fraction of sp³-hybridized carbons (Fsp3) is 0.176. The third-order valence-corrected chi connectivity index (χ3v) is 3.43. The normalized spacial score (nSPS) is 10.0. The fourth-order valence-electron chi connectivity index (χ4n) is 1.86. The molecule has 0 amide bonds. The standard InChI is InChI=1S/C17H15ClO5/c1-21-13-6-3-11(4-7-13)17(20)23-10-15(19)12-5-8-16(22-2)14(18)9-12/h3-9H,10H2,1-2H3. The number of carbonyl (C=O) groups excluding carboxylic acids is 2. The van der Waals surface area contributed by atoms with Crippen LogP contribution >= 0.6 is 11.6 Å². The van der Waals surface area contributed by atoms with Gasteiger partial charge in [0.05, 0.1) is 24.8 Å². The number of Topliss-reactive ketones (excluding diaryl/α,β-unsaturated/α-hetero) is 1. The van der Waals surface area contributed by atoms with Crippen molar-refractivity contribution >= 4 is 23.4 Å². The van der Waals surface area contributed by atoms with Crippen LogP contribution in [0.2, 0.25) is 5.02 Å². The van der Waals surface area contributed by atoms with E-state index in [2.05, 4.69) is 0 Å². The Morgan fingerprint density at radius 2 is 1.61 bits per heavy atom. The van der Waals surface area contributed by atoms with Crippen LogP contribution in [-0.4, -0.2) is 32.6 Å². The zero-order valence-electron chi connectivity index (χ0n) is 12.7. The van der Waals surface area contributed by atoms with Crippen molar-refractivity contribution in [1.29, 1.82) is 0 Å². The van der Waals surface area contributed by atoms with Gasteiger partial charge in [-0.15, -0.1) is 0 Å². The number of esters is 1. The van der Waals surface area contributed by atoms with Crippen LogP contribution in [0.5, 0.6) is 11.5 Å². The Morgan fingerprint density at radius 1 is 0.957 bits per heavy atom. The summed E-state index contributed by atoms with van der Waals surface area (Å²) in [5.41, 5.74) is 0.685. The lowest BCUT2D eigenvalue weighted by molar-refractivity contribution is 0.0474. The summed E-state index contributed by atoms with van der Waals surface area (Å²) in [6, 6.07) is 11.0. The quantitative estimate of drug-likeness (QED) is 0.598. The maximum atomic E-state index is 12.0. The molecule has 0 N–H and O–H groups in total. The van der Waals surface area contributed by atoms with Gasteiger partial charge in [0, 0.05) is 5.56 Å². The predicted octanol–water partition coefficient (Wildman–Crippen LogP) is 3.40. The first-order valence-corrected chi connectivity index (χ1v) is 7.11. The molecule has 0 atom stereocenters. The number of hydrogen-bond donors (Lipinski definition) is 0. The highest BCUT2D eigenvalue weighted by Gasteiger charge is 2.13. The number of halogens is 1. The molecule has 0 saturated heterocycles. The first-order valence-electron chi connectivity index (χ1n) is 6.73. The van der Waals surface area contributed by atoms with Gasteiger partial charge < -0.3 is 14.2 Å². The Hall–Kier alpha value is -2.53. The van der Waals surface area contributed by atoms with E-state index in [9.17, 15) is 9.59 Å². The molecule has 0 unspecified atom stereocenters. The highest BCUT2D eigenvalue weighted by molar-refractivity contribution is 6.32. The molecule has 0 aliphatic carbocycles. The number of hydrogen-bond acceptors (Lipinski definition) is 5. The molecule has 0 saturated carbocycles. The summed E-state index contributed by atoms with van der Waals surface area (Å²) >= 11 is 5.96. The van der Waals surface area contributed by atoms with Crippen LogP contribution in [-0.2, 0) is 4.74 Å². The minimum absolute atomic E-state index is 0.319. The monoisotopic (exact) mass is 334 g/mol. The number of benzene rings is 2. The van der Waals surface area contributed by atoms with Gasteiger partial charge in [-0.1, -0.05) is 11.6 Å². The third kappa shape index (κ3) is 4.23. The van der Waals surface area contributed by atoms with E-state index in [1.54, 1.807) is 36.4 Å². The average Bonchev–Trinajstić information content (AvgIpc) is 2.59. The van der Waals surface area contributed by atoms with Gasteiger partial charge >= 0.3 is 5.97 Å². The van der Waals surface area contributed by atoms with E-state index in [1.807, 2.05) is 0 Å². The maximum absolute atomic E-state index is 12.0. The van der Waals surface area contributed by atoms with Gasteiger partial charge in [-0.2, -0.15) is 0 Å². The molecule has 120 valence electrons. The van der Waals surface area contributed by atoms with E-state index >= 15 is 0 Å². The average molecular weight is 335 g/mol. The van der Waals surface area contributed by atoms with E-state index in [-0.39, 0.29) is 12.4 Å². The molecule has 2 rings (SSSR count). The van der Waals surface area contributed by atoms with E-state index in [0.29, 0.717) is 27.6 Å². The van der Waals surface area contributed by atoms with Gasteiger partial charge in [-0.25, -0.2) is 4.79 Å². The SMILES string of the molecule is COc1ccc(C(=O)OCC(=O)c2ccc(OC)c(Cl)c2)cc1. The van der Waals surface area contributed by atoms with Crippen molar-refractivity contribution in [3.05, 3.63) is 58.6 Å². The summed E-state index contributed by atoms with van der Waals surface area (Å²) in [7, 11) is 3.02. The molecular weight excluding hydrogens is 320 g/mol. The summed E-state index contributed by atoms with van der Waals surface area (Å²) in [5.74, 6) is 0.168. The van der Waals surface area contributed by atoms with Gasteiger partial charge in [-0.05, 0) is 42.5 Å². The third-order valence-electron chi connectivity index (χ3n) is 3.13. The number of ketones is 1. The smallest absolute Gasteiger partial charge is 0.338 e. The zero-order chi connectivity index (χ0) is 16.8. The Bertz CT molecular complexity index is 709. The van der Waals surface area contributed by atoms with Crippen LogP contribution in [0, 0.1) is 0 Å². The van der Waals surface area contributed by atoms with Crippen molar-refractivity contribution in [2.45, 2.75) is 0 Å². The van der Waals surface area contributed by atoms with Crippen molar-refractivity contribution in [2.24, 2.45) is 0 Å². The van der Waals surface area contributed by atoms with Crippen molar-refractivity contribution in [3.8, 4) is 11.5 Å². The lowest BCUT2D eigenvalue weighted by atomic mass is 10.1. The van der Waals surface area contributed by atoms with E-state index < -0.39 is 5.97 Å². The van der Waals surface area contributed by atoms with Crippen LogP contribution in [0.4, 0.5) is 0 Å². The molecule has 0 heterocycles. The molecule has 0 aromatic heterocycles. The molecule has 5 nitrogen and oxygen atoms in total. The lowest BCUT2D eigenvalue weighted by Gasteiger charge is -2.07. The summed E-state index contributed by atoms with van der Waals surface area (Å²) in [4.78, 5) is 23.9. The highest BCUT2D eigenvalue weighted by Crippen LogP contribution is 2.25. The fourth-order valence-corrected chi connectivity index (χ4v) is 2.12. The molecule has 0 fully saturated rings. The molecule has 23 heavy (non-hydrogen) atoms. The number of rotatable bonds is 6. The molecule has 0 radical (unpaired) electrons. The van der Waals surface area contributed by atoms with Gasteiger partial charge in [0.2, 0.25) is 0 Å². The van der Waals surface area contributed by atoms with Crippen molar-refractivity contribution in [3.63, 3.8) is 0 Å². The largest absolute Gasteiger partial charge is 0.497 e. The minimum Gasteiger partial charge on any atom is -0.497 e. The topological polar surface area (TPSA) is 61.8 Å². The minimum atomic E-state index is -0.583. The molecule has 0 aliphatic rings. The molecule has 2 aromatic carbocycles. The molecule has 0 bridgehead atoms. The van der Waals surface area contributed by atoms with Crippen LogP contribution < -0.4 is 9.47 Å². The Morgan fingerprint density at radius 3 is 2.17 bits per heavy atom.